The highest BCUT2D eigenvalue weighted by Crippen LogP contribution is 2.22. The second-order valence-electron chi connectivity index (χ2n) is 5.63. The number of nitrogens with zero attached hydrogens (tertiary/aromatic N) is 5. The number of guanidine groups is 2. The van der Waals surface area contributed by atoms with Gasteiger partial charge in [0.15, 0.2) is 11.6 Å². The predicted octanol–water partition coefficient (Wildman–Crippen LogP) is 0.747. The first-order chi connectivity index (χ1) is 13.0. The topological polar surface area (TPSA) is 164 Å². The fourth-order valence-electron chi connectivity index (χ4n) is 2.56. The summed E-state index contributed by atoms with van der Waals surface area (Å²) in [5.74, 6) is -0.312. The highest BCUT2D eigenvalue weighted by Gasteiger charge is 2.11. The van der Waals surface area contributed by atoms with Crippen LogP contribution in [0.25, 0.3) is 27.7 Å². The molecule has 10 heteroatoms. The van der Waals surface area contributed by atoms with Crippen LogP contribution in [-0.2, 0) is 0 Å². The summed E-state index contributed by atoms with van der Waals surface area (Å²) in [7, 11) is 0. The number of fused-ring (bicyclic) bond motifs is 2. The van der Waals surface area contributed by atoms with Gasteiger partial charge in [-0.1, -0.05) is 12.1 Å². The van der Waals surface area contributed by atoms with Crippen molar-refractivity contribution < 1.29 is 4.42 Å². The summed E-state index contributed by atoms with van der Waals surface area (Å²) >= 11 is 0. The van der Waals surface area contributed by atoms with Gasteiger partial charge in [0.2, 0.25) is 5.96 Å². The molecular formula is C17H14N8O2. The second-order valence-corrected chi connectivity index (χ2v) is 5.63. The first kappa shape index (κ1) is 16.3. The van der Waals surface area contributed by atoms with E-state index in [9.17, 15) is 4.79 Å². The Balaban J connectivity index is 1.79. The molecule has 0 unspecified atom stereocenters. The number of hydrogen-bond acceptors (Lipinski definition) is 5. The zero-order chi connectivity index (χ0) is 19.0. The molecule has 4 rings (SSSR count). The summed E-state index contributed by atoms with van der Waals surface area (Å²) in [5, 5.41) is 9.28. The summed E-state index contributed by atoms with van der Waals surface area (Å²) in [4.78, 5) is 21.3. The molecular weight excluding hydrogens is 348 g/mol. The van der Waals surface area contributed by atoms with Gasteiger partial charge in [-0.15, -0.1) is 15.0 Å². The fourth-order valence-corrected chi connectivity index (χ4v) is 2.56. The Labute approximate surface area is 151 Å². The molecule has 27 heavy (non-hydrogen) atoms. The van der Waals surface area contributed by atoms with Crippen molar-refractivity contribution in [3.8, 4) is 5.69 Å². The van der Waals surface area contributed by atoms with Crippen molar-refractivity contribution in [1.29, 1.82) is 0 Å². The molecule has 0 fully saturated rings. The molecule has 0 aliphatic carbocycles. The van der Waals surface area contributed by atoms with Crippen LogP contribution in [0.3, 0.4) is 0 Å². The predicted molar refractivity (Wildman–Crippen MR) is 102 cm³/mol. The van der Waals surface area contributed by atoms with E-state index in [1.165, 1.54) is 4.80 Å². The maximum atomic E-state index is 12.4. The summed E-state index contributed by atoms with van der Waals surface area (Å²) < 4.78 is 5.39. The Morgan fingerprint density at radius 3 is 2.37 bits per heavy atom. The average molecular weight is 362 g/mol. The van der Waals surface area contributed by atoms with Crippen molar-refractivity contribution in [2.45, 2.75) is 0 Å². The molecule has 0 saturated heterocycles. The van der Waals surface area contributed by atoms with E-state index >= 15 is 0 Å². The number of hydrogen-bond donors (Lipinski definition) is 3. The van der Waals surface area contributed by atoms with Crippen LogP contribution in [0.2, 0.25) is 0 Å². The van der Waals surface area contributed by atoms with Gasteiger partial charge in [0.1, 0.15) is 16.6 Å². The largest absolute Gasteiger partial charge is 0.421 e. The maximum Gasteiger partial charge on any atom is 0.364 e. The van der Waals surface area contributed by atoms with E-state index in [-0.39, 0.29) is 17.6 Å². The minimum Gasteiger partial charge on any atom is -0.421 e. The van der Waals surface area contributed by atoms with Crippen molar-refractivity contribution in [2.24, 2.45) is 27.2 Å². The van der Waals surface area contributed by atoms with Crippen molar-refractivity contribution in [3.05, 3.63) is 59.0 Å². The van der Waals surface area contributed by atoms with Crippen LogP contribution in [-0.4, -0.2) is 26.9 Å². The van der Waals surface area contributed by atoms with E-state index in [4.69, 9.17) is 21.6 Å². The Morgan fingerprint density at radius 1 is 1.00 bits per heavy atom. The van der Waals surface area contributed by atoms with E-state index in [0.29, 0.717) is 27.7 Å². The lowest BCUT2D eigenvalue weighted by atomic mass is 10.2. The van der Waals surface area contributed by atoms with E-state index in [1.807, 2.05) is 24.3 Å². The Kier molecular flexibility index (Phi) is 3.77. The molecule has 134 valence electrons. The van der Waals surface area contributed by atoms with Crippen molar-refractivity contribution >= 4 is 39.6 Å². The van der Waals surface area contributed by atoms with Gasteiger partial charge in [0, 0.05) is 11.5 Å². The molecule has 0 saturated carbocycles. The van der Waals surface area contributed by atoms with E-state index in [0.717, 1.165) is 0 Å². The molecule has 6 N–H and O–H groups in total. The van der Waals surface area contributed by atoms with E-state index < -0.39 is 5.63 Å². The number of aliphatic imine (C=N–C) groups is 2. The van der Waals surface area contributed by atoms with Gasteiger partial charge in [0.25, 0.3) is 0 Å². The quantitative estimate of drug-likeness (QED) is 0.269. The zero-order valence-corrected chi connectivity index (χ0v) is 13.9. The molecule has 2 heterocycles. The van der Waals surface area contributed by atoms with Crippen LogP contribution in [0.5, 0.6) is 0 Å². The minimum absolute atomic E-state index is 0.110. The molecule has 0 amide bonds. The smallest absolute Gasteiger partial charge is 0.364 e. The first-order valence-electron chi connectivity index (χ1n) is 7.84. The summed E-state index contributed by atoms with van der Waals surface area (Å²) in [6.07, 6.45) is 0. The van der Waals surface area contributed by atoms with Crippen molar-refractivity contribution in [3.63, 3.8) is 0 Å². The van der Waals surface area contributed by atoms with Crippen LogP contribution >= 0.6 is 0 Å². The molecule has 2 aromatic carbocycles. The van der Waals surface area contributed by atoms with Crippen molar-refractivity contribution in [1.82, 2.24) is 15.0 Å². The number of nitrogens with two attached hydrogens (primary N) is 3. The molecule has 0 aliphatic heterocycles. The average Bonchev–Trinajstić information content (AvgIpc) is 3.04. The fraction of sp³-hybridized carbons (Fsp3) is 0. The van der Waals surface area contributed by atoms with Crippen LogP contribution < -0.4 is 22.8 Å². The lowest BCUT2D eigenvalue weighted by Gasteiger charge is -2.02. The molecule has 10 nitrogen and oxygen atoms in total. The normalized spacial score (nSPS) is 11.8. The molecule has 4 aromatic rings. The van der Waals surface area contributed by atoms with Crippen molar-refractivity contribution in [2.75, 3.05) is 0 Å². The highest BCUT2D eigenvalue weighted by atomic mass is 16.4. The first-order valence-corrected chi connectivity index (χ1v) is 7.84. The summed E-state index contributed by atoms with van der Waals surface area (Å²) in [6.45, 7) is 0. The molecule has 0 radical (unpaired) electrons. The molecule has 2 aromatic heterocycles. The SMILES string of the molecule is NC(N)=NC(N)=Nc1ccc2cc(-n3nc4ccccc4n3)c(=O)oc2c1. The monoisotopic (exact) mass is 362 g/mol. The highest BCUT2D eigenvalue weighted by molar-refractivity contribution is 5.94. The van der Waals surface area contributed by atoms with Gasteiger partial charge in [0.05, 0.1) is 5.69 Å². The Morgan fingerprint density at radius 2 is 1.70 bits per heavy atom. The third-order valence-electron chi connectivity index (χ3n) is 3.69. The van der Waals surface area contributed by atoms with Crippen LogP contribution in [0.1, 0.15) is 0 Å². The van der Waals surface area contributed by atoms with Crippen LogP contribution in [0, 0.1) is 0 Å². The lowest BCUT2D eigenvalue weighted by Crippen LogP contribution is -2.26. The zero-order valence-electron chi connectivity index (χ0n) is 13.9. The third kappa shape index (κ3) is 3.18. The van der Waals surface area contributed by atoms with Gasteiger partial charge >= 0.3 is 5.63 Å². The number of rotatable bonds is 2. The summed E-state index contributed by atoms with van der Waals surface area (Å²) in [5.41, 5.74) is 17.9. The van der Waals surface area contributed by atoms with E-state index in [2.05, 4.69) is 20.2 Å². The lowest BCUT2D eigenvalue weighted by molar-refractivity contribution is 0.546. The minimum atomic E-state index is -0.582. The van der Waals surface area contributed by atoms with Gasteiger partial charge < -0.3 is 21.6 Å². The standard InChI is InChI=1S/C17H14N8O2/c18-16(19)22-17(20)21-10-6-5-9-7-13(15(26)27-14(9)8-10)25-23-11-3-1-2-4-12(11)24-25/h1-8H,(H6,18,19,20,21,22). The Bertz CT molecular complexity index is 1250. The van der Waals surface area contributed by atoms with E-state index in [1.54, 1.807) is 24.3 Å². The van der Waals surface area contributed by atoms with Gasteiger partial charge in [-0.25, -0.2) is 9.79 Å². The third-order valence-corrected chi connectivity index (χ3v) is 3.69. The number of benzene rings is 2. The molecule has 0 bridgehead atoms. The maximum absolute atomic E-state index is 12.4. The molecule has 0 aliphatic rings. The van der Waals surface area contributed by atoms with Gasteiger partial charge in [-0.05, 0) is 30.3 Å². The van der Waals surface area contributed by atoms with Gasteiger partial charge in [-0.2, -0.15) is 4.99 Å². The van der Waals surface area contributed by atoms with Gasteiger partial charge in [-0.3, -0.25) is 0 Å². The van der Waals surface area contributed by atoms with Crippen LogP contribution in [0.15, 0.2) is 67.7 Å². The second kappa shape index (κ2) is 6.26. The number of aromatic nitrogens is 3. The Hall–Kier alpha value is -4.21. The molecule has 0 atom stereocenters. The summed E-state index contributed by atoms with van der Waals surface area (Å²) in [6, 6.07) is 13.9. The molecule has 0 spiro atoms. The van der Waals surface area contributed by atoms with Crippen LogP contribution in [0.4, 0.5) is 5.69 Å².